The van der Waals surface area contributed by atoms with Crippen LogP contribution < -0.4 is 11.4 Å². The number of carbonyl (C=O) groups excluding carboxylic acids is 1. The number of aromatic nitrogens is 2. The topological polar surface area (TPSA) is 117 Å². The molecule has 1 aromatic rings. The summed E-state index contributed by atoms with van der Waals surface area (Å²) >= 11 is 0. The molecule has 1 aliphatic rings. The lowest BCUT2D eigenvalue weighted by Gasteiger charge is -2.20. The van der Waals surface area contributed by atoms with E-state index in [4.69, 9.17) is 15.2 Å². The number of hydrogen-bond donors (Lipinski definition) is 2. The van der Waals surface area contributed by atoms with Gasteiger partial charge in [-0.2, -0.15) is 13.8 Å². The first-order valence-corrected chi connectivity index (χ1v) is 6.49. The number of ether oxygens (including phenoxy) is 2. The first kappa shape index (κ1) is 16.3. The molecular formula is C12H15F2N3O5. The summed E-state index contributed by atoms with van der Waals surface area (Å²) in [7, 11) is 0. The van der Waals surface area contributed by atoms with Crippen LogP contribution in [-0.4, -0.2) is 45.4 Å². The Morgan fingerprint density at radius 1 is 1.64 bits per heavy atom. The van der Waals surface area contributed by atoms with Gasteiger partial charge >= 0.3 is 17.6 Å². The summed E-state index contributed by atoms with van der Waals surface area (Å²) in [4.78, 5) is 26.0. The van der Waals surface area contributed by atoms with Crippen molar-refractivity contribution < 1.29 is 28.2 Å². The lowest BCUT2D eigenvalue weighted by atomic mass is 10.1. The zero-order chi connectivity index (χ0) is 16.5. The summed E-state index contributed by atoms with van der Waals surface area (Å²) in [6, 6.07) is 1.15. The number of nitrogens with two attached hydrogens (primary N) is 1. The molecule has 22 heavy (non-hydrogen) atoms. The van der Waals surface area contributed by atoms with E-state index in [-0.39, 0.29) is 12.2 Å². The molecule has 0 spiro atoms. The van der Waals surface area contributed by atoms with E-state index in [0.717, 1.165) is 12.3 Å². The Labute approximate surface area is 123 Å². The maximum absolute atomic E-state index is 14.1. The third-order valence-corrected chi connectivity index (χ3v) is 3.18. The number of carbonyl (C=O) groups is 1. The summed E-state index contributed by atoms with van der Waals surface area (Å²) in [5, 5.41) is 9.65. The van der Waals surface area contributed by atoms with Gasteiger partial charge in [0, 0.05) is 12.6 Å². The number of aliphatic hydroxyl groups is 1. The maximum atomic E-state index is 14.1. The first-order valence-electron chi connectivity index (χ1n) is 6.49. The van der Waals surface area contributed by atoms with E-state index in [9.17, 15) is 23.5 Å². The fourth-order valence-electron chi connectivity index (χ4n) is 1.99. The highest BCUT2D eigenvalue weighted by Crippen LogP contribution is 2.42. The number of nitrogens with zero attached hydrogens (tertiary/aromatic N) is 2. The van der Waals surface area contributed by atoms with Gasteiger partial charge in [0.15, 0.2) is 6.10 Å². The molecule has 1 aromatic heterocycles. The van der Waals surface area contributed by atoms with Crippen molar-refractivity contribution in [2.45, 2.75) is 37.7 Å². The molecule has 0 bridgehead atoms. The zero-order valence-electron chi connectivity index (χ0n) is 11.6. The summed E-state index contributed by atoms with van der Waals surface area (Å²) in [6.45, 7) is 0.988. The van der Waals surface area contributed by atoms with Crippen LogP contribution in [-0.2, 0) is 14.3 Å². The molecule has 1 aliphatic heterocycles. The third kappa shape index (κ3) is 2.92. The van der Waals surface area contributed by atoms with Crippen LogP contribution in [0.2, 0.25) is 0 Å². The van der Waals surface area contributed by atoms with Crippen LogP contribution in [0.1, 0.15) is 19.6 Å². The van der Waals surface area contributed by atoms with Gasteiger partial charge in [0.25, 0.3) is 0 Å². The number of anilines is 1. The van der Waals surface area contributed by atoms with Gasteiger partial charge in [0.05, 0.1) is 0 Å². The molecular weight excluding hydrogens is 304 g/mol. The van der Waals surface area contributed by atoms with E-state index in [1.807, 2.05) is 0 Å². The van der Waals surface area contributed by atoms with Crippen LogP contribution in [0.4, 0.5) is 14.6 Å². The Balaban J connectivity index is 2.22. The van der Waals surface area contributed by atoms with Crippen LogP contribution in [0.25, 0.3) is 0 Å². The summed E-state index contributed by atoms with van der Waals surface area (Å²) in [6.07, 6.45) is -4.69. The van der Waals surface area contributed by atoms with E-state index in [1.165, 1.54) is 6.92 Å². The molecule has 1 fully saturated rings. The number of rotatable bonds is 4. The second-order valence-electron chi connectivity index (χ2n) is 4.73. The second-order valence-corrected chi connectivity index (χ2v) is 4.73. The smallest absolute Gasteiger partial charge is 0.351 e. The predicted octanol–water partition coefficient (Wildman–Crippen LogP) is -0.328. The highest BCUT2D eigenvalue weighted by molar-refractivity contribution is 5.68. The Morgan fingerprint density at radius 3 is 2.91 bits per heavy atom. The van der Waals surface area contributed by atoms with Crippen LogP contribution in [0.15, 0.2) is 17.1 Å². The van der Waals surface area contributed by atoms with Gasteiger partial charge in [-0.15, -0.1) is 0 Å². The largest absolute Gasteiger partial charge is 0.463 e. The van der Waals surface area contributed by atoms with Gasteiger partial charge < -0.3 is 20.3 Å². The minimum absolute atomic E-state index is 0.0595. The fourth-order valence-corrected chi connectivity index (χ4v) is 1.99. The minimum atomic E-state index is -3.76. The minimum Gasteiger partial charge on any atom is -0.463 e. The van der Waals surface area contributed by atoms with Gasteiger partial charge in [0.1, 0.15) is 18.5 Å². The fraction of sp³-hybridized carbons (Fsp3) is 0.583. The summed E-state index contributed by atoms with van der Waals surface area (Å²) in [5.41, 5.74) is 4.25. The van der Waals surface area contributed by atoms with E-state index < -0.39 is 42.6 Å². The lowest BCUT2D eigenvalue weighted by molar-refractivity contribution is -0.150. The van der Waals surface area contributed by atoms with Crippen molar-refractivity contribution in [3.8, 4) is 0 Å². The molecule has 2 rings (SSSR count). The van der Waals surface area contributed by atoms with E-state index in [2.05, 4.69) is 4.98 Å². The Kier molecular flexibility index (Phi) is 4.42. The van der Waals surface area contributed by atoms with Crippen molar-refractivity contribution in [1.29, 1.82) is 0 Å². The average molecular weight is 319 g/mol. The molecule has 0 amide bonds. The van der Waals surface area contributed by atoms with Crippen molar-refractivity contribution in [2.75, 3.05) is 12.3 Å². The molecule has 3 atom stereocenters. The summed E-state index contributed by atoms with van der Waals surface area (Å²) < 4.78 is 38.4. The van der Waals surface area contributed by atoms with Crippen LogP contribution in [0, 0.1) is 0 Å². The van der Waals surface area contributed by atoms with E-state index in [1.54, 1.807) is 0 Å². The molecule has 0 saturated carbocycles. The molecule has 122 valence electrons. The standard InChI is InChI=1S/C12H15F2N3O5/c1-2-8(18)21-5-6-9(19)12(13,14)10(22-6)17-4-3-7(15)16-11(17)20/h3-4,6,9-10,19H,2,5H2,1H3,(H2,15,16,20)/t6-,9-,10-/m1/s1. The van der Waals surface area contributed by atoms with Crippen molar-refractivity contribution in [3.63, 3.8) is 0 Å². The van der Waals surface area contributed by atoms with Crippen LogP contribution in [0.5, 0.6) is 0 Å². The van der Waals surface area contributed by atoms with Crippen molar-refractivity contribution in [1.82, 2.24) is 9.55 Å². The SMILES string of the molecule is CCC(=O)OC[C@H]1O[C@@H](n2ccc(N)nc2=O)C(F)(F)[C@@H]1O. The maximum Gasteiger partial charge on any atom is 0.351 e. The molecule has 0 aliphatic carbocycles. The molecule has 3 N–H and O–H groups in total. The molecule has 1 saturated heterocycles. The summed E-state index contributed by atoms with van der Waals surface area (Å²) in [5.74, 6) is -4.50. The van der Waals surface area contributed by atoms with Gasteiger partial charge in [-0.1, -0.05) is 6.92 Å². The van der Waals surface area contributed by atoms with Crippen molar-refractivity contribution >= 4 is 11.8 Å². The average Bonchev–Trinajstić information content (AvgIpc) is 2.68. The lowest BCUT2D eigenvalue weighted by Crippen LogP contribution is -2.42. The van der Waals surface area contributed by atoms with Crippen molar-refractivity contribution in [3.05, 3.63) is 22.7 Å². The number of alkyl halides is 2. The third-order valence-electron chi connectivity index (χ3n) is 3.18. The van der Waals surface area contributed by atoms with E-state index in [0.29, 0.717) is 4.57 Å². The van der Waals surface area contributed by atoms with Gasteiger partial charge in [-0.3, -0.25) is 9.36 Å². The quantitative estimate of drug-likeness (QED) is 0.730. The van der Waals surface area contributed by atoms with Crippen LogP contribution >= 0.6 is 0 Å². The molecule has 8 nitrogen and oxygen atoms in total. The van der Waals surface area contributed by atoms with Gasteiger partial charge in [-0.25, -0.2) is 4.79 Å². The van der Waals surface area contributed by atoms with Gasteiger partial charge in [-0.05, 0) is 6.07 Å². The van der Waals surface area contributed by atoms with Crippen LogP contribution in [0.3, 0.4) is 0 Å². The number of halogens is 2. The highest BCUT2D eigenvalue weighted by atomic mass is 19.3. The number of hydrogen-bond acceptors (Lipinski definition) is 7. The molecule has 0 unspecified atom stereocenters. The normalized spacial score (nSPS) is 26.8. The Bertz CT molecular complexity index is 621. The number of aliphatic hydroxyl groups excluding tert-OH is 1. The zero-order valence-corrected chi connectivity index (χ0v) is 11.6. The monoisotopic (exact) mass is 319 g/mol. The molecule has 2 heterocycles. The Morgan fingerprint density at radius 2 is 2.32 bits per heavy atom. The molecule has 0 radical (unpaired) electrons. The number of esters is 1. The van der Waals surface area contributed by atoms with Gasteiger partial charge in [0.2, 0.25) is 6.23 Å². The number of nitrogen functional groups attached to an aromatic ring is 1. The Hall–Kier alpha value is -2.07. The highest BCUT2D eigenvalue weighted by Gasteiger charge is 2.60. The van der Waals surface area contributed by atoms with E-state index >= 15 is 0 Å². The predicted molar refractivity (Wildman–Crippen MR) is 69.0 cm³/mol. The molecule has 0 aromatic carbocycles. The van der Waals surface area contributed by atoms with Crippen molar-refractivity contribution in [2.24, 2.45) is 0 Å². The first-order chi connectivity index (χ1) is 10.3. The second kappa shape index (κ2) is 5.97. The molecule has 10 heteroatoms.